The van der Waals surface area contributed by atoms with E-state index in [9.17, 15) is 9.18 Å². The molecule has 0 aliphatic carbocycles. The predicted octanol–water partition coefficient (Wildman–Crippen LogP) is 6.35. The number of carbonyl (C=O) groups is 1. The number of anilines is 1. The molecule has 10 heteroatoms. The number of methoxy groups -OCH3 is 1. The summed E-state index contributed by atoms with van der Waals surface area (Å²) in [4.78, 5) is 21.8. The van der Waals surface area contributed by atoms with Crippen molar-refractivity contribution in [3.63, 3.8) is 0 Å². The molecule has 2 aromatic carbocycles. The zero-order valence-electron chi connectivity index (χ0n) is 20.1. The lowest BCUT2D eigenvalue weighted by Crippen LogP contribution is -2.35. The maximum absolute atomic E-state index is 14.9. The summed E-state index contributed by atoms with van der Waals surface area (Å²) in [6.07, 6.45) is 3.53. The van der Waals surface area contributed by atoms with Gasteiger partial charge in [-0.3, -0.25) is 9.78 Å². The summed E-state index contributed by atoms with van der Waals surface area (Å²) >= 11 is 6.68. The summed E-state index contributed by atoms with van der Waals surface area (Å²) in [7, 11) is 1.57. The van der Waals surface area contributed by atoms with E-state index in [0.717, 1.165) is 26.2 Å². The Hall–Kier alpha value is -4.41. The molecule has 0 aliphatic rings. The minimum Gasteiger partial charge on any atom is -0.481 e. The zero-order valence-corrected chi connectivity index (χ0v) is 21.7. The van der Waals surface area contributed by atoms with Crippen LogP contribution in [0.1, 0.15) is 5.56 Å². The molecule has 0 aliphatic heterocycles. The van der Waals surface area contributed by atoms with Crippen LogP contribution in [0.5, 0.6) is 17.4 Å². The van der Waals surface area contributed by atoms with Gasteiger partial charge < -0.3 is 20.1 Å². The maximum atomic E-state index is 14.9. The van der Waals surface area contributed by atoms with Gasteiger partial charge in [0.2, 0.25) is 11.8 Å². The minimum atomic E-state index is -0.588. The highest BCUT2D eigenvalue weighted by atomic mass is 32.1. The Morgan fingerprint density at radius 1 is 1.03 bits per heavy atom. The molecule has 0 saturated heterocycles. The zero-order chi connectivity index (χ0) is 26.5. The highest BCUT2D eigenvalue weighted by Gasteiger charge is 2.14. The van der Waals surface area contributed by atoms with Gasteiger partial charge in [0.1, 0.15) is 5.75 Å². The summed E-state index contributed by atoms with van der Waals surface area (Å²) in [5, 5.41) is 5.51. The third-order valence-electron chi connectivity index (χ3n) is 5.48. The lowest BCUT2D eigenvalue weighted by Gasteiger charge is -2.12. The van der Waals surface area contributed by atoms with Gasteiger partial charge in [0, 0.05) is 46.7 Å². The molecular formula is C28H21FN4O3S2. The van der Waals surface area contributed by atoms with Crippen LogP contribution in [0.4, 0.5) is 10.1 Å². The first kappa shape index (κ1) is 25.2. The number of carbonyl (C=O) groups excluding carboxylic acids is 1. The molecule has 7 nitrogen and oxygen atoms in total. The van der Waals surface area contributed by atoms with Crippen LogP contribution in [-0.4, -0.2) is 28.1 Å². The standard InChI is InChI=1S/C28H21FN4O3S2/c1-35-26-10-7-18(16-31-26)24-15-21-27(38-24)23(11-12-30-21)36-22-9-8-19(14-20(22)29)32-28(37)33-25(34)13-17-5-3-2-4-6-17/h2-12,14-16H,13H2,1H3,(H2,32,33,34,37). The molecule has 0 bridgehead atoms. The summed E-state index contributed by atoms with van der Waals surface area (Å²) in [5.74, 6) is 0.200. The number of nitrogens with zero attached hydrogens (tertiary/aromatic N) is 2. The van der Waals surface area contributed by atoms with Gasteiger partial charge in [-0.05, 0) is 42.0 Å². The molecule has 0 spiro atoms. The van der Waals surface area contributed by atoms with Crippen molar-refractivity contribution in [2.24, 2.45) is 0 Å². The lowest BCUT2D eigenvalue weighted by molar-refractivity contribution is -0.119. The van der Waals surface area contributed by atoms with Gasteiger partial charge in [0.15, 0.2) is 16.7 Å². The highest BCUT2D eigenvalue weighted by Crippen LogP contribution is 2.39. The second kappa shape index (κ2) is 11.3. The fraction of sp³-hybridized carbons (Fsp3) is 0.0714. The molecule has 0 saturated carbocycles. The van der Waals surface area contributed by atoms with E-state index in [-0.39, 0.29) is 23.2 Å². The maximum Gasteiger partial charge on any atom is 0.230 e. The van der Waals surface area contributed by atoms with Gasteiger partial charge in [0.05, 0.1) is 23.7 Å². The molecule has 0 unspecified atom stereocenters. The molecule has 38 heavy (non-hydrogen) atoms. The largest absolute Gasteiger partial charge is 0.481 e. The first-order chi connectivity index (χ1) is 18.5. The molecule has 1 amide bonds. The Morgan fingerprint density at radius 2 is 1.87 bits per heavy atom. The normalized spacial score (nSPS) is 10.7. The molecule has 3 heterocycles. The fourth-order valence-corrected chi connectivity index (χ4v) is 4.97. The highest BCUT2D eigenvalue weighted by molar-refractivity contribution is 7.80. The monoisotopic (exact) mass is 544 g/mol. The number of benzene rings is 2. The van der Waals surface area contributed by atoms with Crippen LogP contribution in [0.2, 0.25) is 0 Å². The molecule has 5 rings (SSSR count). The molecule has 0 atom stereocenters. The number of pyridine rings is 2. The van der Waals surface area contributed by atoms with E-state index in [2.05, 4.69) is 20.6 Å². The Bertz CT molecular complexity index is 1610. The summed E-state index contributed by atoms with van der Waals surface area (Å²) < 4.78 is 26.8. The van der Waals surface area contributed by atoms with Crippen LogP contribution in [0.25, 0.3) is 20.7 Å². The topological polar surface area (TPSA) is 85.4 Å². The number of fused-ring (bicyclic) bond motifs is 1. The van der Waals surface area contributed by atoms with Crippen molar-refractivity contribution in [3.8, 4) is 27.8 Å². The van der Waals surface area contributed by atoms with Crippen LogP contribution in [0.3, 0.4) is 0 Å². The first-order valence-corrected chi connectivity index (χ1v) is 12.7. The third-order valence-corrected chi connectivity index (χ3v) is 6.87. The van der Waals surface area contributed by atoms with Gasteiger partial charge in [-0.1, -0.05) is 30.3 Å². The van der Waals surface area contributed by atoms with Crippen molar-refractivity contribution in [1.29, 1.82) is 0 Å². The second-order valence-corrected chi connectivity index (χ2v) is 9.60. The van der Waals surface area contributed by atoms with Crippen molar-refractivity contribution >= 4 is 50.5 Å². The molecule has 2 N–H and O–H groups in total. The number of thiophene rings is 1. The second-order valence-electron chi connectivity index (χ2n) is 8.14. The smallest absolute Gasteiger partial charge is 0.230 e. The quantitative estimate of drug-likeness (QED) is 0.231. The van der Waals surface area contributed by atoms with Crippen molar-refractivity contribution in [1.82, 2.24) is 15.3 Å². The summed E-state index contributed by atoms with van der Waals surface area (Å²) in [6.45, 7) is 0. The lowest BCUT2D eigenvalue weighted by atomic mass is 10.1. The Balaban J connectivity index is 1.27. The van der Waals surface area contributed by atoms with Gasteiger partial charge >= 0.3 is 0 Å². The Kier molecular flexibility index (Phi) is 7.52. The van der Waals surface area contributed by atoms with Crippen molar-refractivity contribution in [3.05, 3.63) is 96.6 Å². The fourth-order valence-electron chi connectivity index (χ4n) is 3.68. The number of ether oxygens (including phenoxy) is 2. The van der Waals surface area contributed by atoms with E-state index in [4.69, 9.17) is 21.7 Å². The van der Waals surface area contributed by atoms with E-state index in [1.165, 1.54) is 23.5 Å². The number of rotatable bonds is 7. The van der Waals surface area contributed by atoms with Crippen LogP contribution >= 0.6 is 23.6 Å². The van der Waals surface area contributed by atoms with E-state index < -0.39 is 5.82 Å². The van der Waals surface area contributed by atoms with Crippen LogP contribution in [0.15, 0.2) is 85.2 Å². The predicted molar refractivity (Wildman–Crippen MR) is 150 cm³/mol. The molecule has 190 valence electrons. The molecular weight excluding hydrogens is 523 g/mol. The van der Waals surface area contributed by atoms with Gasteiger partial charge in [0.25, 0.3) is 0 Å². The molecule has 3 aromatic heterocycles. The first-order valence-electron chi connectivity index (χ1n) is 11.5. The van der Waals surface area contributed by atoms with Crippen molar-refractivity contribution in [2.75, 3.05) is 12.4 Å². The van der Waals surface area contributed by atoms with E-state index in [0.29, 0.717) is 17.3 Å². The van der Waals surface area contributed by atoms with Crippen molar-refractivity contribution in [2.45, 2.75) is 6.42 Å². The Labute approximate surface area is 227 Å². The van der Waals surface area contributed by atoms with Gasteiger partial charge in [-0.2, -0.15) is 0 Å². The summed E-state index contributed by atoms with van der Waals surface area (Å²) in [6, 6.07) is 21.0. The van der Waals surface area contributed by atoms with Crippen molar-refractivity contribution < 1.29 is 18.7 Å². The van der Waals surface area contributed by atoms with E-state index in [1.54, 1.807) is 37.7 Å². The number of aromatic nitrogens is 2. The van der Waals surface area contributed by atoms with E-state index in [1.807, 2.05) is 42.5 Å². The summed E-state index contributed by atoms with van der Waals surface area (Å²) in [5.41, 5.74) is 2.89. The SMILES string of the molecule is COc1ccc(-c2cc3nccc(Oc4ccc(NC(=S)NC(=O)Cc5ccccc5)cc4F)c3s2)cn1. The average Bonchev–Trinajstić information content (AvgIpc) is 3.36. The minimum absolute atomic E-state index is 0.0446. The van der Waals surface area contributed by atoms with Gasteiger partial charge in [-0.25, -0.2) is 9.37 Å². The number of halogens is 1. The number of thiocarbonyl (C=S) groups is 1. The molecule has 0 radical (unpaired) electrons. The Morgan fingerprint density at radius 3 is 2.61 bits per heavy atom. The van der Waals surface area contributed by atoms with Crippen LogP contribution in [0, 0.1) is 5.82 Å². The van der Waals surface area contributed by atoms with E-state index >= 15 is 0 Å². The van der Waals surface area contributed by atoms with Crippen LogP contribution < -0.4 is 20.1 Å². The van der Waals surface area contributed by atoms with Crippen LogP contribution in [-0.2, 0) is 11.2 Å². The molecule has 5 aromatic rings. The molecule has 0 fully saturated rings. The third kappa shape index (κ3) is 5.93. The number of amides is 1. The number of hydrogen-bond acceptors (Lipinski definition) is 7. The number of hydrogen-bond donors (Lipinski definition) is 2. The number of nitrogens with one attached hydrogen (secondary N) is 2. The van der Waals surface area contributed by atoms with Gasteiger partial charge in [-0.15, -0.1) is 11.3 Å². The average molecular weight is 545 g/mol.